The van der Waals surface area contributed by atoms with Crippen molar-refractivity contribution < 1.29 is 9.53 Å². The number of hydrogen-bond acceptors (Lipinski definition) is 3. The van der Waals surface area contributed by atoms with Gasteiger partial charge in [-0.15, -0.1) is 0 Å². The van der Waals surface area contributed by atoms with E-state index in [9.17, 15) is 4.79 Å². The fourth-order valence-electron chi connectivity index (χ4n) is 1.64. The molecule has 1 atom stereocenters. The first-order chi connectivity index (χ1) is 8.79. The van der Waals surface area contributed by atoms with Crippen LogP contribution in [0.4, 0.5) is 0 Å². The molecule has 0 fully saturated rings. The van der Waals surface area contributed by atoms with E-state index in [1.807, 2.05) is 27.7 Å². The molecule has 0 heterocycles. The zero-order valence-electron chi connectivity index (χ0n) is 12.6. The van der Waals surface area contributed by atoms with Gasteiger partial charge in [-0.25, -0.2) is 0 Å². The molecule has 0 spiro atoms. The van der Waals surface area contributed by atoms with Crippen LogP contribution in [-0.2, 0) is 16.1 Å². The second-order valence-corrected chi connectivity index (χ2v) is 6.09. The fourth-order valence-corrected chi connectivity index (χ4v) is 1.64. The van der Waals surface area contributed by atoms with Gasteiger partial charge in [0.05, 0.1) is 5.41 Å². The molecule has 0 saturated heterocycles. The lowest BCUT2D eigenvalue weighted by molar-refractivity contribution is -0.157. The summed E-state index contributed by atoms with van der Waals surface area (Å²) in [7, 11) is 0. The monoisotopic (exact) mass is 263 g/mol. The number of rotatable bonds is 5. The third kappa shape index (κ3) is 5.88. The average molecular weight is 263 g/mol. The topological polar surface area (TPSA) is 38.3 Å². The Bertz CT molecular complexity index is 421. The number of aryl methyl sites for hydroxylation is 1. The second kappa shape index (κ2) is 6.71. The number of hydrogen-bond donors (Lipinski definition) is 1. The van der Waals surface area contributed by atoms with Gasteiger partial charge in [0, 0.05) is 13.1 Å². The largest absolute Gasteiger partial charge is 0.461 e. The van der Waals surface area contributed by atoms with Crippen LogP contribution < -0.4 is 5.32 Å². The van der Waals surface area contributed by atoms with Crippen LogP contribution in [0, 0.1) is 12.3 Å². The number of esters is 1. The molecular weight excluding hydrogens is 238 g/mol. The minimum Gasteiger partial charge on any atom is -0.461 e. The Morgan fingerprint density at radius 1 is 1.37 bits per heavy atom. The van der Waals surface area contributed by atoms with Gasteiger partial charge >= 0.3 is 5.97 Å². The maximum absolute atomic E-state index is 11.7. The lowest BCUT2D eigenvalue weighted by Crippen LogP contribution is -2.33. The van der Waals surface area contributed by atoms with Crippen LogP contribution in [0.5, 0.6) is 0 Å². The first kappa shape index (κ1) is 15.7. The summed E-state index contributed by atoms with van der Waals surface area (Å²) in [5.74, 6) is -0.155. The highest BCUT2D eigenvalue weighted by Crippen LogP contribution is 2.16. The summed E-state index contributed by atoms with van der Waals surface area (Å²) in [6.07, 6.45) is -0.114. The van der Waals surface area contributed by atoms with Crippen LogP contribution in [0.25, 0.3) is 0 Å². The maximum atomic E-state index is 11.7. The van der Waals surface area contributed by atoms with Crippen molar-refractivity contribution in [3.8, 4) is 0 Å². The molecule has 19 heavy (non-hydrogen) atoms. The summed E-state index contributed by atoms with van der Waals surface area (Å²) in [5.41, 5.74) is 2.06. The Hall–Kier alpha value is -1.35. The van der Waals surface area contributed by atoms with E-state index in [4.69, 9.17) is 4.74 Å². The molecule has 0 aromatic heterocycles. The molecule has 0 saturated carbocycles. The number of ether oxygens (including phenoxy) is 1. The Morgan fingerprint density at radius 2 is 2.05 bits per heavy atom. The molecule has 0 radical (unpaired) electrons. The van der Waals surface area contributed by atoms with Gasteiger partial charge in [0.1, 0.15) is 6.10 Å². The molecule has 0 aliphatic carbocycles. The minimum atomic E-state index is -0.440. The first-order valence-electron chi connectivity index (χ1n) is 6.76. The van der Waals surface area contributed by atoms with Gasteiger partial charge in [0.2, 0.25) is 0 Å². The highest BCUT2D eigenvalue weighted by molar-refractivity contribution is 5.75. The Morgan fingerprint density at radius 3 is 2.63 bits per heavy atom. The molecule has 1 aromatic carbocycles. The molecule has 0 aliphatic rings. The van der Waals surface area contributed by atoms with E-state index >= 15 is 0 Å². The van der Waals surface area contributed by atoms with E-state index in [0.717, 1.165) is 6.54 Å². The van der Waals surface area contributed by atoms with Crippen molar-refractivity contribution in [1.82, 2.24) is 5.32 Å². The second-order valence-electron chi connectivity index (χ2n) is 6.09. The summed E-state index contributed by atoms with van der Waals surface area (Å²) in [6.45, 7) is 11.0. The van der Waals surface area contributed by atoms with Crippen LogP contribution in [-0.4, -0.2) is 18.6 Å². The summed E-state index contributed by atoms with van der Waals surface area (Å²) in [5, 5.41) is 3.31. The molecule has 3 heteroatoms. The van der Waals surface area contributed by atoms with Gasteiger partial charge in [-0.3, -0.25) is 4.79 Å². The van der Waals surface area contributed by atoms with Crippen LogP contribution >= 0.6 is 0 Å². The smallest absolute Gasteiger partial charge is 0.311 e. The standard InChI is InChI=1S/C16H25NO2/c1-12-7-6-8-14(9-12)11-17-10-13(2)19-15(18)16(3,4)5/h6-9,13,17H,10-11H2,1-5H3. The van der Waals surface area contributed by atoms with Crippen molar-refractivity contribution in [2.24, 2.45) is 5.41 Å². The first-order valence-corrected chi connectivity index (χ1v) is 6.76. The van der Waals surface area contributed by atoms with Crippen LogP contribution in [0.3, 0.4) is 0 Å². The average Bonchev–Trinajstić information content (AvgIpc) is 2.27. The van der Waals surface area contributed by atoms with E-state index in [1.165, 1.54) is 11.1 Å². The van der Waals surface area contributed by atoms with Crippen molar-refractivity contribution in [1.29, 1.82) is 0 Å². The minimum absolute atomic E-state index is 0.114. The molecule has 0 amide bonds. The summed E-state index contributed by atoms with van der Waals surface area (Å²) >= 11 is 0. The van der Waals surface area contributed by atoms with Gasteiger partial charge < -0.3 is 10.1 Å². The Labute approximate surface area is 116 Å². The third-order valence-electron chi connectivity index (χ3n) is 2.76. The van der Waals surface area contributed by atoms with Crippen LogP contribution in [0.15, 0.2) is 24.3 Å². The number of carbonyl (C=O) groups excluding carboxylic acids is 1. The van der Waals surface area contributed by atoms with Gasteiger partial charge in [-0.05, 0) is 40.2 Å². The van der Waals surface area contributed by atoms with Gasteiger partial charge in [0.25, 0.3) is 0 Å². The van der Waals surface area contributed by atoms with Crippen molar-refractivity contribution in [2.45, 2.75) is 47.3 Å². The fraction of sp³-hybridized carbons (Fsp3) is 0.562. The summed E-state index contributed by atoms with van der Waals surface area (Å²) in [6, 6.07) is 8.37. The normalized spacial score (nSPS) is 13.1. The van der Waals surface area contributed by atoms with E-state index in [-0.39, 0.29) is 12.1 Å². The molecule has 0 bridgehead atoms. The van der Waals surface area contributed by atoms with Crippen molar-refractivity contribution >= 4 is 5.97 Å². The van der Waals surface area contributed by atoms with E-state index in [0.29, 0.717) is 6.54 Å². The Kier molecular flexibility index (Phi) is 5.55. The zero-order chi connectivity index (χ0) is 14.5. The third-order valence-corrected chi connectivity index (χ3v) is 2.76. The summed E-state index contributed by atoms with van der Waals surface area (Å²) in [4.78, 5) is 11.7. The van der Waals surface area contributed by atoms with E-state index < -0.39 is 5.41 Å². The van der Waals surface area contributed by atoms with E-state index in [2.05, 4.69) is 36.5 Å². The molecule has 1 N–H and O–H groups in total. The zero-order valence-corrected chi connectivity index (χ0v) is 12.6. The molecular formula is C16H25NO2. The number of carbonyl (C=O) groups is 1. The molecule has 3 nitrogen and oxygen atoms in total. The Balaban J connectivity index is 2.31. The molecule has 1 aromatic rings. The SMILES string of the molecule is Cc1cccc(CNCC(C)OC(=O)C(C)(C)C)c1. The van der Waals surface area contributed by atoms with E-state index in [1.54, 1.807) is 0 Å². The molecule has 1 rings (SSSR count). The highest BCUT2D eigenvalue weighted by atomic mass is 16.5. The summed E-state index contributed by atoms with van der Waals surface area (Å²) < 4.78 is 5.38. The van der Waals surface area contributed by atoms with Crippen LogP contribution in [0.2, 0.25) is 0 Å². The van der Waals surface area contributed by atoms with Crippen molar-refractivity contribution in [2.75, 3.05) is 6.54 Å². The molecule has 106 valence electrons. The lowest BCUT2D eigenvalue weighted by atomic mass is 9.97. The predicted molar refractivity (Wildman–Crippen MR) is 77.9 cm³/mol. The van der Waals surface area contributed by atoms with Crippen molar-refractivity contribution in [3.05, 3.63) is 35.4 Å². The quantitative estimate of drug-likeness (QED) is 0.830. The molecule has 1 unspecified atom stereocenters. The van der Waals surface area contributed by atoms with Gasteiger partial charge in [-0.2, -0.15) is 0 Å². The van der Waals surface area contributed by atoms with Crippen molar-refractivity contribution in [3.63, 3.8) is 0 Å². The molecule has 0 aliphatic heterocycles. The predicted octanol–water partition coefficient (Wildman–Crippen LogP) is 3.06. The number of benzene rings is 1. The highest BCUT2D eigenvalue weighted by Gasteiger charge is 2.24. The number of nitrogens with one attached hydrogen (secondary N) is 1. The van der Waals surface area contributed by atoms with Crippen LogP contribution in [0.1, 0.15) is 38.8 Å². The van der Waals surface area contributed by atoms with Gasteiger partial charge in [-0.1, -0.05) is 29.8 Å². The maximum Gasteiger partial charge on any atom is 0.311 e. The van der Waals surface area contributed by atoms with Gasteiger partial charge in [0.15, 0.2) is 0 Å². The lowest BCUT2D eigenvalue weighted by Gasteiger charge is -2.21.